The van der Waals surface area contributed by atoms with Crippen molar-refractivity contribution in [3.05, 3.63) is 0 Å². The summed E-state index contributed by atoms with van der Waals surface area (Å²) in [7, 11) is 0. The third kappa shape index (κ3) is 2.76. The number of nitrogens with zero attached hydrogens (tertiary/aromatic N) is 2. The number of piperidine rings is 1. The predicted octanol–water partition coefficient (Wildman–Crippen LogP) is 0.228. The zero-order valence-electron chi connectivity index (χ0n) is 11.3. The van der Waals surface area contributed by atoms with Gasteiger partial charge in [-0.15, -0.1) is 0 Å². The summed E-state index contributed by atoms with van der Waals surface area (Å²) >= 11 is 0. The molecule has 0 spiro atoms. The Labute approximate surface area is 113 Å². The lowest BCUT2D eigenvalue weighted by Gasteiger charge is -2.34. The Hall–Kier alpha value is -1.10. The molecule has 1 N–H and O–H groups in total. The molecular weight excluding hydrogens is 244 g/mol. The molecule has 0 radical (unpaired) electrons. The van der Waals surface area contributed by atoms with E-state index in [0.29, 0.717) is 26.1 Å². The average Bonchev–Trinajstić information content (AvgIpc) is 3.19. The van der Waals surface area contributed by atoms with Crippen molar-refractivity contribution >= 4 is 11.8 Å². The summed E-state index contributed by atoms with van der Waals surface area (Å²) in [5.41, 5.74) is 0. The van der Waals surface area contributed by atoms with Crippen molar-refractivity contribution in [2.24, 2.45) is 11.8 Å². The number of aliphatic hydroxyl groups is 1. The minimum atomic E-state index is -0.364. The van der Waals surface area contributed by atoms with Gasteiger partial charge in [-0.05, 0) is 32.1 Å². The number of likely N-dealkylation sites (tertiary alicyclic amines) is 2. The van der Waals surface area contributed by atoms with E-state index in [4.69, 9.17) is 0 Å². The fraction of sp³-hybridized carbons (Fsp3) is 0.857. The van der Waals surface area contributed by atoms with Crippen molar-refractivity contribution in [2.75, 3.05) is 26.2 Å². The molecule has 2 atom stereocenters. The molecule has 0 aromatic rings. The number of carbonyl (C=O) groups excluding carboxylic acids is 2. The maximum Gasteiger partial charge on any atom is 0.227 e. The second kappa shape index (κ2) is 5.12. The van der Waals surface area contributed by atoms with E-state index in [-0.39, 0.29) is 29.8 Å². The number of amides is 2. The van der Waals surface area contributed by atoms with Gasteiger partial charge >= 0.3 is 0 Å². The molecule has 0 aromatic heterocycles. The highest BCUT2D eigenvalue weighted by molar-refractivity contribution is 5.83. The number of hydrogen-bond acceptors (Lipinski definition) is 3. The van der Waals surface area contributed by atoms with Gasteiger partial charge in [0.05, 0.1) is 12.0 Å². The number of β-amino-alcohol motifs (C(OH)–C–C–N with tert-alkyl or cyclic N) is 1. The molecule has 0 aromatic carbocycles. The molecule has 2 amide bonds. The first kappa shape index (κ1) is 12.9. The monoisotopic (exact) mass is 266 g/mol. The lowest BCUT2D eigenvalue weighted by atomic mass is 9.96. The lowest BCUT2D eigenvalue weighted by molar-refractivity contribution is -0.141. The Bertz CT molecular complexity index is 381. The maximum atomic E-state index is 12.4. The molecule has 3 aliphatic rings. The summed E-state index contributed by atoms with van der Waals surface area (Å²) in [6.45, 7) is 2.52. The molecule has 0 bridgehead atoms. The first-order valence-electron chi connectivity index (χ1n) is 7.41. The van der Waals surface area contributed by atoms with Crippen LogP contribution >= 0.6 is 0 Å². The van der Waals surface area contributed by atoms with Gasteiger partial charge < -0.3 is 14.9 Å². The first-order valence-corrected chi connectivity index (χ1v) is 7.41. The maximum absolute atomic E-state index is 12.4. The fourth-order valence-electron chi connectivity index (χ4n) is 3.17. The number of rotatable bonds is 2. The SMILES string of the molecule is O=C(C1CCCN(C(=O)C2CC2)C1)N1CCC(O)C1. The van der Waals surface area contributed by atoms with Gasteiger partial charge in [0, 0.05) is 32.1 Å². The van der Waals surface area contributed by atoms with Crippen LogP contribution in [0.25, 0.3) is 0 Å². The van der Waals surface area contributed by atoms with Crippen molar-refractivity contribution in [1.29, 1.82) is 0 Å². The molecular formula is C14H22N2O3. The van der Waals surface area contributed by atoms with E-state index < -0.39 is 0 Å². The van der Waals surface area contributed by atoms with E-state index in [9.17, 15) is 14.7 Å². The van der Waals surface area contributed by atoms with E-state index in [1.807, 2.05) is 4.90 Å². The van der Waals surface area contributed by atoms with E-state index in [1.54, 1.807) is 4.90 Å². The smallest absolute Gasteiger partial charge is 0.227 e. The molecule has 106 valence electrons. The molecule has 1 saturated carbocycles. The molecule has 2 aliphatic heterocycles. The van der Waals surface area contributed by atoms with Gasteiger partial charge in [-0.1, -0.05) is 0 Å². The van der Waals surface area contributed by atoms with E-state index >= 15 is 0 Å². The Kier molecular flexibility index (Phi) is 3.48. The fourth-order valence-corrected chi connectivity index (χ4v) is 3.17. The number of aliphatic hydroxyl groups excluding tert-OH is 1. The van der Waals surface area contributed by atoms with Crippen LogP contribution in [0.1, 0.15) is 32.1 Å². The highest BCUT2D eigenvalue weighted by Crippen LogP contribution is 2.32. The van der Waals surface area contributed by atoms with Crippen LogP contribution in [0.5, 0.6) is 0 Å². The summed E-state index contributed by atoms with van der Waals surface area (Å²) in [4.78, 5) is 28.1. The Morgan fingerprint density at radius 1 is 0.842 bits per heavy atom. The van der Waals surface area contributed by atoms with E-state index in [1.165, 1.54) is 0 Å². The molecule has 2 unspecified atom stereocenters. The van der Waals surface area contributed by atoms with Crippen molar-refractivity contribution in [2.45, 2.75) is 38.2 Å². The minimum absolute atomic E-state index is 0.0539. The van der Waals surface area contributed by atoms with E-state index in [2.05, 4.69) is 0 Å². The van der Waals surface area contributed by atoms with Gasteiger partial charge in [0.15, 0.2) is 0 Å². The average molecular weight is 266 g/mol. The summed E-state index contributed by atoms with van der Waals surface area (Å²) in [5, 5.41) is 9.51. The summed E-state index contributed by atoms with van der Waals surface area (Å²) in [5.74, 6) is 0.563. The molecule has 1 aliphatic carbocycles. The third-order valence-corrected chi connectivity index (χ3v) is 4.48. The number of carbonyl (C=O) groups is 2. The van der Waals surface area contributed by atoms with Gasteiger partial charge in [-0.25, -0.2) is 0 Å². The van der Waals surface area contributed by atoms with Crippen LogP contribution in [0.3, 0.4) is 0 Å². The quantitative estimate of drug-likeness (QED) is 0.778. The Morgan fingerprint density at radius 2 is 1.53 bits per heavy atom. The van der Waals surface area contributed by atoms with Crippen LogP contribution in [0, 0.1) is 11.8 Å². The summed E-state index contributed by atoms with van der Waals surface area (Å²) in [6, 6.07) is 0. The highest BCUT2D eigenvalue weighted by Gasteiger charge is 2.38. The molecule has 19 heavy (non-hydrogen) atoms. The molecule has 5 heteroatoms. The topological polar surface area (TPSA) is 60.9 Å². The largest absolute Gasteiger partial charge is 0.391 e. The van der Waals surface area contributed by atoms with Gasteiger partial charge in [0.1, 0.15) is 0 Å². The zero-order chi connectivity index (χ0) is 13.4. The molecule has 3 fully saturated rings. The Balaban J connectivity index is 1.58. The summed E-state index contributed by atoms with van der Waals surface area (Å²) < 4.78 is 0. The van der Waals surface area contributed by atoms with Crippen LogP contribution in [0.15, 0.2) is 0 Å². The van der Waals surface area contributed by atoms with E-state index in [0.717, 1.165) is 32.2 Å². The predicted molar refractivity (Wildman–Crippen MR) is 69.2 cm³/mol. The Morgan fingerprint density at radius 3 is 2.16 bits per heavy atom. The number of hydrogen-bond donors (Lipinski definition) is 1. The first-order chi connectivity index (χ1) is 9.15. The second-order valence-corrected chi connectivity index (χ2v) is 6.12. The van der Waals surface area contributed by atoms with Crippen LogP contribution < -0.4 is 0 Å². The van der Waals surface area contributed by atoms with Gasteiger partial charge in [0.2, 0.25) is 11.8 Å². The molecule has 3 rings (SSSR count). The highest BCUT2D eigenvalue weighted by atomic mass is 16.3. The molecule has 5 nitrogen and oxygen atoms in total. The molecule has 2 heterocycles. The lowest BCUT2D eigenvalue weighted by Crippen LogP contribution is -2.46. The minimum Gasteiger partial charge on any atom is -0.391 e. The van der Waals surface area contributed by atoms with Crippen LogP contribution in [-0.2, 0) is 9.59 Å². The van der Waals surface area contributed by atoms with Gasteiger partial charge in [-0.3, -0.25) is 9.59 Å². The van der Waals surface area contributed by atoms with Gasteiger partial charge in [0.25, 0.3) is 0 Å². The second-order valence-electron chi connectivity index (χ2n) is 6.12. The van der Waals surface area contributed by atoms with Crippen LogP contribution in [0.4, 0.5) is 0 Å². The van der Waals surface area contributed by atoms with Crippen molar-refractivity contribution in [1.82, 2.24) is 9.80 Å². The van der Waals surface area contributed by atoms with Crippen LogP contribution in [0.2, 0.25) is 0 Å². The molecule has 2 saturated heterocycles. The standard InChI is InChI=1S/C14H22N2O3/c17-12-5-7-16(9-12)14(19)11-2-1-6-15(8-11)13(18)10-3-4-10/h10-12,17H,1-9H2. The summed E-state index contributed by atoms with van der Waals surface area (Å²) in [6.07, 6.45) is 4.16. The van der Waals surface area contributed by atoms with Gasteiger partial charge in [-0.2, -0.15) is 0 Å². The third-order valence-electron chi connectivity index (χ3n) is 4.48. The normalized spacial score (nSPS) is 31.6. The zero-order valence-corrected chi connectivity index (χ0v) is 11.3. The van der Waals surface area contributed by atoms with Crippen molar-refractivity contribution in [3.8, 4) is 0 Å². The van der Waals surface area contributed by atoms with Crippen LogP contribution in [-0.4, -0.2) is 59.0 Å². The van der Waals surface area contributed by atoms with Crippen molar-refractivity contribution in [3.63, 3.8) is 0 Å². The van der Waals surface area contributed by atoms with Crippen molar-refractivity contribution < 1.29 is 14.7 Å².